The van der Waals surface area contributed by atoms with Crippen LogP contribution >= 0.6 is 0 Å². The second kappa shape index (κ2) is 8.12. The summed E-state index contributed by atoms with van der Waals surface area (Å²) in [4.78, 5) is 9.05. The Morgan fingerprint density at radius 2 is 1.94 bits per heavy atom. The van der Waals surface area contributed by atoms with Crippen LogP contribution in [0, 0.1) is 11.6 Å². The van der Waals surface area contributed by atoms with Crippen LogP contribution in [0.2, 0.25) is 0 Å². The lowest BCUT2D eigenvalue weighted by atomic mass is 10.1. The first kappa shape index (κ1) is 21.1. The molecule has 5 aromatic rings. The normalized spacial score (nSPS) is 12.3. The van der Waals surface area contributed by atoms with Crippen LogP contribution in [0.4, 0.5) is 8.78 Å². The van der Waals surface area contributed by atoms with Gasteiger partial charge in [-0.1, -0.05) is 25.1 Å². The Balaban J connectivity index is 1.46. The smallest absolute Gasteiger partial charge is 0.229 e. The number of benzene rings is 2. The zero-order chi connectivity index (χ0) is 24.1. The van der Waals surface area contributed by atoms with Crippen LogP contribution < -0.4 is 4.74 Å². The van der Waals surface area contributed by atoms with Gasteiger partial charge in [-0.3, -0.25) is 4.57 Å². The van der Waals surface area contributed by atoms with Crippen LogP contribution in [-0.2, 0) is 13.2 Å². The molecule has 0 aliphatic carbocycles. The lowest BCUT2D eigenvalue weighted by molar-refractivity contribution is 0.288. The first-order chi connectivity index (χ1) is 17.0. The van der Waals surface area contributed by atoms with Crippen LogP contribution in [0.1, 0.15) is 37.2 Å². The summed E-state index contributed by atoms with van der Waals surface area (Å²) in [6.07, 6.45) is 1.65. The number of hydrogen-bond acceptors (Lipinski definition) is 7. The number of aromatic nitrogens is 7. The summed E-state index contributed by atoms with van der Waals surface area (Å²) >= 11 is 0. The monoisotopic (exact) mass is 475 g/mol. The van der Waals surface area contributed by atoms with Gasteiger partial charge in [-0.25, -0.2) is 13.8 Å². The fourth-order valence-electron chi connectivity index (χ4n) is 4.04. The zero-order valence-corrected chi connectivity index (χ0v) is 18.8. The molecule has 0 amide bonds. The molecule has 6 rings (SSSR count). The van der Waals surface area contributed by atoms with Crippen molar-refractivity contribution in [2.24, 2.45) is 0 Å². The number of hydrogen-bond donors (Lipinski definition) is 0. The molecule has 11 heteroatoms. The van der Waals surface area contributed by atoms with Crippen molar-refractivity contribution >= 4 is 0 Å². The van der Waals surface area contributed by atoms with E-state index in [-0.39, 0.29) is 12.5 Å². The highest BCUT2D eigenvalue weighted by Gasteiger charge is 2.28. The molecule has 1 aliphatic heterocycles. The molecule has 4 heterocycles. The summed E-state index contributed by atoms with van der Waals surface area (Å²) in [6, 6.07) is 10.3. The van der Waals surface area contributed by atoms with Crippen LogP contribution in [0.25, 0.3) is 28.6 Å². The third-order valence-electron chi connectivity index (χ3n) is 5.77. The largest absolute Gasteiger partial charge is 0.486 e. The fraction of sp³-hybridized carbons (Fsp3) is 0.208. The maximum atomic E-state index is 14.3. The Kier molecular flexibility index (Phi) is 4.90. The highest BCUT2D eigenvalue weighted by Crippen LogP contribution is 2.35. The molecule has 3 aromatic heterocycles. The van der Waals surface area contributed by atoms with E-state index in [0.717, 1.165) is 5.69 Å². The van der Waals surface area contributed by atoms with Gasteiger partial charge in [0.15, 0.2) is 11.6 Å². The predicted octanol–water partition coefficient (Wildman–Crippen LogP) is 4.52. The molecule has 35 heavy (non-hydrogen) atoms. The van der Waals surface area contributed by atoms with Gasteiger partial charge in [0.25, 0.3) is 0 Å². The van der Waals surface area contributed by atoms with Gasteiger partial charge in [0.2, 0.25) is 11.7 Å². The SMILES string of the molecule is CC(C)c1nc(-c2ncn3c2Cn2c(COc4cccc(F)c4)nnc2-c2cc(F)ccc2-3)no1. The van der Waals surface area contributed by atoms with Gasteiger partial charge in [-0.05, 0) is 30.3 Å². The minimum Gasteiger partial charge on any atom is -0.486 e. The topological polar surface area (TPSA) is 96.7 Å². The molecule has 0 spiro atoms. The molecular formula is C24H19F2N7O2. The lowest BCUT2D eigenvalue weighted by Gasteiger charge is -2.10. The van der Waals surface area contributed by atoms with Crippen molar-refractivity contribution in [3.8, 4) is 34.3 Å². The van der Waals surface area contributed by atoms with Crippen molar-refractivity contribution in [1.29, 1.82) is 0 Å². The van der Waals surface area contributed by atoms with E-state index in [1.54, 1.807) is 24.5 Å². The molecule has 176 valence electrons. The number of rotatable bonds is 5. The van der Waals surface area contributed by atoms with Gasteiger partial charge in [0, 0.05) is 17.5 Å². The molecule has 0 fully saturated rings. The molecule has 0 atom stereocenters. The third kappa shape index (κ3) is 3.65. The van der Waals surface area contributed by atoms with Gasteiger partial charge < -0.3 is 13.8 Å². The molecule has 1 aliphatic rings. The maximum Gasteiger partial charge on any atom is 0.229 e. The Hall–Kier alpha value is -4.41. The van der Waals surface area contributed by atoms with E-state index in [0.29, 0.717) is 52.6 Å². The van der Waals surface area contributed by atoms with E-state index < -0.39 is 11.6 Å². The summed E-state index contributed by atoms with van der Waals surface area (Å²) in [5.74, 6) is 1.45. The summed E-state index contributed by atoms with van der Waals surface area (Å²) in [5, 5.41) is 12.7. The molecule has 9 nitrogen and oxygen atoms in total. The van der Waals surface area contributed by atoms with Gasteiger partial charge in [0.05, 0.1) is 17.9 Å². The Morgan fingerprint density at radius 3 is 2.74 bits per heavy atom. The fourth-order valence-corrected chi connectivity index (χ4v) is 4.04. The van der Waals surface area contributed by atoms with Crippen molar-refractivity contribution in [1.82, 2.24) is 34.5 Å². The summed E-state index contributed by atoms with van der Waals surface area (Å²) in [6.45, 7) is 4.25. The average Bonchev–Trinajstić information content (AvgIpc) is 3.55. The molecular weight excluding hydrogens is 456 g/mol. The van der Waals surface area contributed by atoms with E-state index in [1.165, 1.54) is 24.3 Å². The second-order valence-corrected chi connectivity index (χ2v) is 8.45. The van der Waals surface area contributed by atoms with E-state index >= 15 is 0 Å². The van der Waals surface area contributed by atoms with Crippen LogP contribution in [0.5, 0.6) is 5.75 Å². The zero-order valence-electron chi connectivity index (χ0n) is 18.8. The second-order valence-electron chi connectivity index (χ2n) is 8.45. The predicted molar refractivity (Wildman–Crippen MR) is 120 cm³/mol. The van der Waals surface area contributed by atoms with Crippen molar-refractivity contribution in [3.63, 3.8) is 0 Å². The first-order valence-corrected chi connectivity index (χ1v) is 11.0. The molecule has 0 saturated heterocycles. The Morgan fingerprint density at radius 1 is 1.09 bits per heavy atom. The van der Waals surface area contributed by atoms with Gasteiger partial charge in [0.1, 0.15) is 36.0 Å². The molecule has 2 aromatic carbocycles. The first-order valence-electron chi connectivity index (χ1n) is 11.0. The molecule has 0 saturated carbocycles. The molecule has 0 N–H and O–H groups in total. The highest BCUT2D eigenvalue weighted by atomic mass is 19.1. The molecule has 0 unspecified atom stereocenters. The minimum atomic E-state index is -0.403. The molecule has 0 bridgehead atoms. The van der Waals surface area contributed by atoms with Crippen LogP contribution in [-0.4, -0.2) is 34.5 Å². The highest BCUT2D eigenvalue weighted by molar-refractivity contribution is 5.71. The average molecular weight is 475 g/mol. The van der Waals surface area contributed by atoms with Crippen LogP contribution in [0.3, 0.4) is 0 Å². The van der Waals surface area contributed by atoms with Crippen LogP contribution in [0.15, 0.2) is 53.3 Å². The van der Waals surface area contributed by atoms with Crippen molar-refractivity contribution in [2.45, 2.75) is 32.9 Å². The third-order valence-corrected chi connectivity index (χ3v) is 5.77. The van der Waals surface area contributed by atoms with E-state index in [9.17, 15) is 8.78 Å². The standard InChI is InChI=1S/C24H19F2N7O2/c1-13(2)24-28-22(31-35-24)21-19-10-32-20(11-34-16-5-3-4-14(25)8-16)29-30-23(32)17-9-15(26)6-7-18(17)33(19)12-27-21/h3-9,12-13H,10-11H2,1-2H3. The van der Waals surface area contributed by atoms with Crippen molar-refractivity contribution < 1.29 is 18.0 Å². The van der Waals surface area contributed by atoms with E-state index in [2.05, 4.69) is 25.3 Å². The van der Waals surface area contributed by atoms with E-state index in [4.69, 9.17) is 9.26 Å². The summed E-state index contributed by atoms with van der Waals surface area (Å²) in [7, 11) is 0. The Labute approximate surface area is 198 Å². The number of ether oxygens (including phenoxy) is 1. The number of halogens is 2. The van der Waals surface area contributed by atoms with Gasteiger partial charge in [-0.15, -0.1) is 10.2 Å². The Bertz CT molecular complexity index is 1550. The van der Waals surface area contributed by atoms with Crippen molar-refractivity contribution in [3.05, 3.63) is 77.8 Å². The quantitative estimate of drug-likeness (QED) is 0.362. The van der Waals surface area contributed by atoms with E-state index in [1.807, 2.05) is 23.0 Å². The minimum absolute atomic E-state index is 0.0320. The number of imidazole rings is 1. The number of nitrogens with zero attached hydrogens (tertiary/aromatic N) is 7. The lowest BCUT2D eigenvalue weighted by Crippen LogP contribution is -2.10. The number of fused-ring (bicyclic) bond motifs is 5. The summed E-state index contributed by atoms with van der Waals surface area (Å²) in [5.41, 5.74) is 2.53. The molecule has 0 radical (unpaired) electrons. The summed E-state index contributed by atoms with van der Waals surface area (Å²) < 4.78 is 42.7. The van der Waals surface area contributed by atoms with Gasteiger partial charge >= 0.3 is 0 Å². The van der Waals surface area contributed by atoms with Crippen molar-refractivity contribution in [2.75, 3.05) is 0 Å². The van der Waals surface area contributed by atoms with Gasteiger partial charge in [-0.2, -0.15) is 4.98 Å². The maximum absolute atomic E-state index is 14.3.